The van der Waals surface area contributed by atoms with Crippen LogP contribution in [0.3, 0.4) is 0 Å². The van der Waals surface area contributed by atoms with Gasteiger partial charge in [0, 0.05) is 10.1 Å². The van der Waals surface area contributed by atoms with E-state index in [9.17, 15) is 9.90 Å². The van der Waals surface area contributed by atoms with Crippen molar-refractivity contribution >= 4 is 17.7 Å². The van der Waals surface area contributed by atoms with Gasteiger partial charge in [-0.3, -0.25) is 4.79 Å². The zero-order valence-electron chi connectivity index (χ0n) is 16.8. The van der Waals surface area contributed by atoms with E-state index in [0.717, 1.165) is 35.3 Å². The number of aryl methyl sites for hydroxylation is 1. The van der Waals surface area contributed by atoms with Gasteiger partial charge in [-0.1, -0.05) is 32.0 Å². The summed E-state index contributed by atoms with van der Waals surface area (Å²) in [5.74, 6) is 0.726. The van der Waals surface area contributed by atoms with Crippen molar-refractivity contribution < 1.29 is 14.6 Å². The van der Waals surface area contributed by atoms with Crippen molar-refractivity contribution in [3.63, 3.8) is 0 Å². The number of fused-ring (bicyclic) bond motifs is 1. The van der Waals surface area contributed by atoms with E-state index in [-0.39, 0.29) is 12.5 Å². The average Bonchev–Trinajstić information content (AvgIpc) is 2.67. The Bertz CT molecular complexity index is 819. The summed E-state index contributed by atoms with van der Waals surface area (Å²) in [6.45, 7) is 4.55. The molecule has 1 amide bonds. The number of thioether (sulfide) groups is 1. The molecule has 1 unspecified atom stereocenters. The number of carbonyl (C=O) groups is 1. The van der Waals surface area contributed by atoms with Gasteiger partial charge in [0.1, 0.15) is 11.4 Å². The summed E-state index contributed by atoms with van der Waals surface area (Å²) in [6.07, 6.45) is 2.77. The van der Waals surface area contributed by atoms with Crippen LogP contribution in [0.1, 0.15) is 43.4 Å². The molecular formula is C23H29NO3S. The predicted molar refractivity (Wildman–Crippen MR) is 114 cm³/mol. The summed E-state index contributed by atoms with van der Waals surface area (Å²) in [5, 5.41) is 14.6. The van der Waals surface area contributed by atoms with Crippen molar-refractivity contribution in [1.82, 2.24) is 5.32 Å². The smallest absolute Gasteiger partial charge is 0.224 e. The zero-order valence-corrected chi connectivity index (χ0v) is 17.6. The van der Waals surface area contributed by atoms with Gasteiger partial charge < -0.3 is 15.2 Å². The highest BCUT2D eigenvalue weighted by Gasteiger charge is 2.34. The fourth-order valence-electron chi connectivity index (χ4n) is 3.70. The molecule has 1 aliphatic carbocycles. The minimum atomic E-state index is -1.02. The first kappa shape index (κ1) is 20.7. The number of benzene rings is 2. The number of carbonyl (C=O) groups excluding carboxylic acids is 1. The maximum Gasteiger partial charge on any atom is 0.224 e. The van der Waals surface area contributed by atoms with Crippen LogP contribution in [0, 0.1) is 0 Å². The maximum atomic E-state index is 12.4. The largest absolute Gasteiger partial charge is 0.497 e. The molecule has 150 valence electrons. The average molecular weight is 400 g/mol. The highest BCUT2D eigenvalue weighted by molar-refractivity contribution is 7.99. The molecule has 1 aliphatic rings. The van der Waals surface area contributed by atoms with Crippen LogP contribution in [0.15, 0.2) is 47.4 Å². The van der Waals surface area contributed by atoms with E-state index in [1.165, 1.54) is 4.90 Å². The Labute approximate surface area is 171 Å². The normalized spacial score (nSPS) is 18.6. The van der Waals surface area contributed by atoms with Crippen LogP contribution < -0.4 is 10.1 Å². The third-order valence-corrected chi connectivity index (χ3v) is 6.10. The summed E-state index contributed by atoms with van der Waals surface area (Å²) >= 11 is 1.81. The van der Waals surface area contributed by atoms with Gasteiger partial charge in [-0.05, 0) is 60.2 Å². The minimum Gasteiger partial charge on any atom is -0.497 e. The van der Waals surface area contributed by atoms with Crippen molar-refractivity contribution in [2.75, 3.05) is 13.7 Å². The molecule has 0 heterocycles. The quantitative estimate of drug-likeness (QED) is 0.689. The topological polar surface area (TPSA) is 58.6 Å². The Morgan fingerprint density at radius 2 is 2.00 bits per heavy atom. The molecule has 2 aromatic carbocycles. The molecule has 28 heavy (non-hydrogen) atoms. The number of hydrogen-bond donors (Lipinski definition) is 2. The molecule has 0 radical (unpaired) electrons. The van der Waals surface area contributed by atoms with Gasteiger partial charge in [-0.25, -0.2) is 0 Å². The van der Waals surface area contributed by atoms with E-state index in [1.54, 1.807) is 7.11 Å². The Morgan fingerprint density at radius 3 is 2.68 bits per heavy atom. The first-order valence-corrected chi connectivity index (χ1v) is 10.7. The minimum absolute atomic E-state index is 0.0710. The predicted octanol–water partition coefficient (Wildman–Crippen LogP) is 4.08. The van der Waals surface area contributed by atoms with E-state index in [0.29, 0.717) is 18.1 Å². The second-order valence-electron chi connectivity index (χ2n) is 7.67. The molecule has 0 aromatic heterocycles. The summed E-state index contributed by atoms with van der Waals surface area (Å²) in [7, 11) is 1.64. The lowest BCUT2D eigenvalue weighted by Gasteiger charge is -2.35. The molecular weight excluding hydrogens is 370 g/mol. The number of aliphatic hydroxyl groups is 1. The lowest BCUT2D eigenvalue weighted by atomic mass is 9.79. The Balaban J connectivity index is 1.60. The van der Waals surface area contributed by atoms with Crippen LogP contribution >= 0.6 is 11.8 Å². The highest BCUT2D eigenvalue weighted by Crippen LogP contribution is 2.36. The van der Waals surface area contributed by atoms with Crippen LogP contribution in [0.25, 0.3) is 0 Å². The Hall–Kier alpha value is -1.98. The Morgan fingerprint density at radius 1 is 1.25 bits per heavy atom. The highest BCUT2D eigenvalue weighted by atomic mass is 32.2. The molecule has 3 rings (SSSR count). The second-order valence-corrected chi connectivity index (χ2v) is 9.32. The summed E-state index contributed by atoms with van der Waals surface area (Å²) in [4.78, 5) is 13.6. The zero-order chi connectivity index (χ0) is 20.1. The van der Waals surface area contributed by atoms with Gasteiger partial charge in [0.05, 0.1) is 20.1 Å². The first-order chi connectivity index (χ1) is 13.4. The molecule has 1 atom stereocenters. The van der Waals surface area contributed by atoms with Gasteiger partial charge in [-0.15, -0.1) is 11.8 Å². The van der Waals surface area contributed by atoms with Crippen LogP contribution in [-0.2, 0) is 23.2 Å². The van der Waals surface area contributed by atoms with E-state index in [1.807, 2.05) is 42.1 Å². The lowest BCUT2D eigenvalue weighted by molar-refractivity contribution is -0.122. The van der Waals surface area contributed by atoms with Crippen molar-refractivity contribution in [2.45, 2.75) is 55.3 Å². The number of rotatable bonds is 7. The molecule has 0 saturated heterocycles. The van der Waals surface area contributed by atoms with Crippen molar-refractivity contribution in [3.05, 3.63) is 59.2 Å². The van der Waals surface area contributed by atoms with E-state index >= 15 is 0 Å². The first-order valence-electron chi connectivity index (χ1n) is 9.82. The molecule has 0 fully saturated rings. The van der Waals surface area contributed by atoms with Crippen molar-refractivity contribution in [1.29, 1.82) is 0 Å². The van der Waals surface area contributed by atoms with Crippen molar-refractivity contribution in [2.24, 2.45) is 0 Å². The van der Waals surface area contributed by atoms with Gasteiger partial charge in [0.25, 0.3) is 0 Å². The monoisotopic (exact) mass is 399 g/mol. The number of hydrogen-bond acceptors (Lipinski definition) is 4. The van der Waals surface area contributed by atoms with Gasteiger partial charge in [-0.2, -0.15) is 0 Å². The van der Waals surface area contributed by atoms with E-state index < -0.39 is 5.60 Å². The van der Waals surface area contributed by atoms with Gasteiger partial charge in [0.2, 0.25) is 5.91 Å². The number of ether oxygens (including phenoxy) is 1. The maximum absolute atomic E-state index is 12.4. The third-order valence-electron chi connectivity index (χ3n) is 5.09. The number of nitrogens with one attached hydrogen (secondary N) is 1. The fraction of sp³-hybridized carbons (Fsp3) is 0.435. The Kier molecular flexibility index (Phi) is 6.68. The van der Waals surface area contributed by atoms with Gasteiger partial charge >= 0.3 is 0 Å². The lowest BCUT2D eigenvalue weighted by Crippen LogP contribution is -2.43. The van der Waals surface area contributed by atoms with Crippen LogP contribution in [0.2, 0.25) is 0 Å². The molecule has 0 bridgehead atoms. The van der Waals surface area contributed by atoms with Crippen LogP contribution in [-0.4, -0.2) is 29.9 Å². The number of amides is 1. The second kappa shape index (κ2) is 9.01. The molecule has 5 heteroatoms. The van der Waals surface area contributed by atoms with E-state index in [2.05, 4.69) is 31.3 Å². The fourth-order valence-corrected chi connectivity index (χ4v) is 4.54. The molecule has 0 aliphatic heterocycles. The van der Waals surface area contributed by atoms with Crippen molar-refractivity contribution in [3.8, 4) is 5.75 Å². The molecule has 2 N–H and O–H groups in total. The standard InChI is InChI=1S/C23H29NO3S/c1-16(2)28-20-9-6-17(7-10-20)13-22(25)24-15-23(26)12-4-5-18-14-19(27-3)8-11-21(18)23/h6-11,14,16,26H,4-5,12-13,15H2,1-3H3,(H,24,25). The van der Waals surface area contributed by atoms with Crippen LogP contribution in [0.4, 0.5) is 0 Å². The SMILES string of the molecule is COc1ccc2c(c1)CCCC2(O)CNC(=O)Cc1ccc(SC(C)C)cc1. The molecule has 4 nitrogen and oxygen atoms in total. The molecule has 2 aromatic rings. The summed E-state index contributed by atoms with van der Waals surface area (Å²) in [6, 6.07) is 13.9. The summed E-state index contributed by atoms with van der Waals surface area (Å²) in [5.41, 5.74) is 1.95. The third kappa shape index (κ3) is 5.09. The summed E-state index contributed by atoms with van der Waals surface area (Å²) < 4.78 is 5.29. The number of methoxy groups -OCH3 is 1. The van der Waals surface area contributed by atoms with Crippen LogP contribution in [0.5, 0.6) is 5.75 Å². The molecule has 0 saturated carbocycles. The molecule has 0 spiro atoms. The van der Waals surface area contributed by atoms with Gasteiger partial charge in [0.15, 0.2) is 0 Å². The van der Waals surface area contributed by atoms with E-state index in [4.69, 9.17) is 4.74 Å².